The molecule has 1 aliphatic heterocycles. The Kier molecular flexibility index (Phi) is 4.89. The molecule has 4 amide bonds. The van der Waals surface area contributed by atoms with E-state index in [9.17, 15) is 14.4 Å². The average Bonchev–Trinajstić information content (AvgIpc) is 2.24. The normalized spacial score (nSPS) is 21.4. The van der Waals surface area contributed by atoms with Crippen LogP contribution in [0.4, 0.5) is 4.79 Å². The van der Waals surface area contributed by atoms with Crippen LogP contribution in [0.2, 0.25) is 0 Å². The molecule has 2 unspecified atom stereocenters. The van der Waals surface area contributed by atoms with Gasteiger partial charge in [0.2, 0.25) is 11.8 Å². The lowest BCUT2D eigenvalue weighted by atomic mass is 10.1. The first-order valence-electron chi connectivity index (χ1n) is 5.55. The summed E-state index contributed by atoms with van der Waals surface area (Å²) >= 11 is 0. The second kappa shape index (κ2) is 6.19. The second-order valence-corrected chi connectivity index (χ2v) is 3.98. The van der Waals surface area contributed by atoms with Crippen LogP contribution >= 0.6 is 0 Å². The zero-order chi connectivity index (χ0) is 12.8. The minimum absolute atomic E-state index is 0.0374. The first kappa shape index (κ1) is 13.4. The van der Waals surface area contributed by atoms with Gasteiger partial charge >= 0.3 is 6.03 Å². The number of hydrogen-bond donors (Lipinski definition) is 4. The second-order valence-electron chi connectivity index (χ2n) is 3.98. The van der Waals surface area contributed by atoms with Crippen molar-refractivity contribution in [1.29, 1.82) is 0 Å². The summed E-state index contributed by atoms with van der Waals surface area (Å²) in [7, 11) is 0. The molecule has 1 heterocycles. The van der Waals surface area contributed by atoms with Gasteiger partial charge in [-0.15, -0.1) is 0 Å². The number of rotatable bonds is 5. The van der Waals surface area contributed by atoms with Crippen molar-refractivity contribution in [2.75, 3.05) is 6.61 Å². The van der Waals surface area contributed by atoms with Gasteiger partial charge in [0.25, 0.3) is 0 Å². The number of urea groups is 1. The van der Waals surface area contributed by atoms with Crippen LogP contribution in [0.5, 0.6) is 0 Å². The Balaban J connectivity index is 2.40. The fourth-order valence-electron chi connectivity index (χ4n) is 1.58. The summed E-state index contributed by atoms with van der Waals surface area (Å²) in [6, 6.07) is -1.34. The van der Waals surface area contributed by atoms with Crippen LogP contribution in [-0.4, -0.2) is 41.6 Å². The van der Waals surface area contributed by atoms with Crippen LogP contribution in [0.25, 0.3) is 0 Å². The lowest BCUT2D eigenvalue weighted by molar-refractivity contribution is -0.123. The maximum absolute atomic E-state index is 11.5. The summed E-state index contributed by atoms with van der Waals surface area (Å²) in [5.41, 5.74) is 0. The highest BCUT2D eigenvalue weighted by Gasteiger charge is 2.26. The molecule has 7 nitrogen and oxygen atoms in total. The molecule has 0 aromatic heterocycles. The SMILES string of the molecule is CCC(CO)NC(=O)CC1CC(=O)NC(=O)N1. The van der Waals surface area contributed by atoms with E-state index >= 15 is 0 Å². The van der Waals surface area contributed by atoms with Gasteiger partial charge in [0, 0.05) is 18.9 Å². The van der Waals surface area contributed by atoms with Crippen LogP contribution < -0.4 is 16.0 Å². The maximum atomic E-state index is 11.5. The Morgan fingerprint density at radius 2 is 2.29 bits per heavy atom. The molecule has 0 aliphatic carbocycles. The van der Waals surface area contributed by atoms with Crippen LogP contribution in [-0.2, 0) is 9.59 Å². The van der Waals surface area contributed by atoms with Crippen LogP contribution in [0.15, 0.2) is 0 Å². The number of carbonyl (C=O) groups is 3. The molecule has 0 bridgehead atoms. The summed E-state index contributed by atoms with van der Waals surface area (Å²) < 4.78 is 0. The Morgan fingerprint density at radius 3 is 2.82 bits per heavy atom. The molecule has 0 aromatic rings. The van der Waals surface area contributed by atoms with E-state index in [0.29, 0.717) is 6.42 Å². The van der Waals surface area contributed by atoms with E-state index in [0.717, 1.165) is 0 Å². The predicted molar refractivity (Wildman–Crippen MR) is 59.0 cm³/mol. The molecule has 1 aliphatic rings. The van der Waals surface area contributed by atoms with Gasteiger partial charge in [-0.1, -0.05) is 6.92 Å². The molecular weight excluding hydrogens is 226 g/mol. The molecule has 1 fully saturated rings. The van der Waals surface area contributed by atoms with Gasteiger partial charge in [0.1, 0.15) is 0 Å². The molecule has 1 saturated heterocycles. The van der Waals surface area contributed by atoms with E-state index < -0.39 is 12.1 Å². The summed E-state index contributed by atoms with van der Waals surface area (Å²) in [5, 5.41) is 16.1. The van der Waals surface area contributed by atoms with E-state index in [4.69, 9.17) is 5.11 Å². The largest absolute Gasteiger partial charge is 0.394 e. The first-order chi connectivity index (χ1) is 8.05. The lowest BCUT2D eigenvalue weighted by Crippen LogP contribution is -2.53. The summed E-state index contributed by atoms with van der Waals surface area (Å²) in [4.78, 5) is 33.6. The number of aliphatic hydroxyl groups is 1. The smallest absolute Gasteiger partial charge is 0.321 e. The van der Waals surface area contributed by atoms with Crippen molar-refractivity contribution in [1.82, 2.24) is 16.0 Å². The van der Waals surface area contributed by atoms with Gasteiger partial charge in [-0.25, -0.2) is 4.79 Å². The fraction of sp³-hybridized carbons (Fsp3) is 0.700. The van der Waals surface area contributed by atoms with Crippen LogP contribution in [0, 0.1) is 0 Å². The Hall–Kier alpha value is -1.63. The summed E-state index contributed by atoms with van der Waals surface area (Å²) in [5.74, 6) is -0.674. The molecular formula is C10H17N3O4. The Labute approximate surface area is 98.9 Å². The van der Waals surface area contributed by atoms with Crippen molar-refractivity contribution in [3.05, 3.63) is 0 Å². The van der Waals surface area contributed by atoms with Crippen molar-refractivity contribution in [2.45, 2.75) is 38.3 Å². The highest BCUT2D eigenvalue weighted by Crippen LogP contribution is 2.03. The maximum Gasteiger partial charge on any atom is 0.321 e. The molecule has 7 heteroatoms. The van der Waals surface area contributed by atoms with E-state index in [-0.39, 0.29) is 37.3 Å². The molecule has 0 aromatic carbocycles. The van der Waals surface area contributed by atoms with E-state index in [1.165, 1.54) is 0 Å². The van der Waals surface area contributed by atoms with E-state index in [2.05, 4.69) is 16.0 Å². The number of aliphatic hydroxyl groups excluding tert-OH is 1. The lowest BCUT2D eigenvalue weighted by Gasteiger charge is -2.23. The number of nitrogens with one attached hydrogen (secondary N) is 3. The van der Waals surface area contributed by atoms with E-state index in [1.54, 1.807) is 0 Å². The molecule has 0 radical (unpaired) electrons. The Morgan fingerprint density at radius 1 is 1.59 bits per heavy atom. The molecule has 2 atom stereocenters. The van der Waals surface area contributed by atoms with Crippen LogP contribution in [0.3, 0.4) is 0 Å². The zero-order valence-electron chi connectivity index (χ0n) is 9.66. The molecule has 0 spiro atoms. The van der Waals surface area contributed by atoms with Crippen molar-refractivity contribution in [3.8, 4) is 0 Å². The first-order valence-corrected chi connectivity index (χ1v) is 5.55. The van der Waals surface area contributed by atoms with Crippen molar-refractivity contribution in [3.63, 3.8) is 0 Å². The van der Waals surface area contributed by atoms with Gasteiger partial charge < -0.3 is 15.7 Å². The number of imide groups is 1. The number of carbonyl (C=O) groups excluding carboxylic acids is 3. The minimum Gasteiger partial charge on any atom is -0.394 e. The molecule has 4 N–H and O–H groups in total. The minimum atomic E-state index is -0.576. The topological polar surface area (TPSA) is 108 Å². The van der Waals surface area contributed by atoms with Gasteiger partial charge in [0.05, 0.1) is 12.6 Å². The fourth-order valence-corrected chi connectivity index (χ4v) is 1.58. The van der Waals surface area contributed by atoms with Gasteiger partial charge in [-0.3, -0.25) is 14.9 Å². The van der Waals surface area contributed by atoms with Gasteiger partial charge in [0.15, 0.2) is 0 Å². The highest BCUT2D eigenvalue weighted by atomic mass is 16.3. The van der Waals surface area contributed by atoms with E-state index in [1.807, 2.05) is 6.92 Å². The predicted octanol–water partition coefficient (Wildman–Crippen LogP) is -1.14. The van der Waals surface area contributed by atoms with Crippen molar-refractivity contribution < 1.29 is 19.5 Å². The molecule has 17 heavy (non-hydrogen) atoms. The number of hydrogen-bond acceptors (Lipinski definition) is 4. The van der Waals surface area contributed by atoms with Crippen molar-refractivity contribution in [2.24, 2.45) is 0 Å². The molecule has 0 saturated carbocycles. The summed E-state index contributed by atoms with van der Waals surface area (Å²) in [6.45, 7) is 1.72. The average molecular weight is 243 g/mol. The molecule has 96 valence electrons. The van der Waals surface area contributed by atoms with Gasteiger partial charge in [-0.05, 0) is 6.42 Å². The number of amides is 4. The van der Waals surface area contributed by atoms with Crippen LogP contribution in [0.1, 0.15) is 26.2 Å². The zero-order valence-corrected chi connectivity index (χ0v) is 9.66. The third-order valence-electron chi connectivity index (χ3n) is 2.53. The summed E-state index contributed by atoms with van der Waals surface area (Å²) in [6.07, 6.45) is 0.754. The van der Waals surface area contributed by atoms with Gasteiger partial charge in [-0.2, -0.15) is 0 Å². The Bertz CT molecular complexity index is 299. The quantitative estimate of drug-likeness (QED) is 0.489. The monoisotopic (exact) mass is 243 g/mol. The molecule has 1 rings (SSSR count). The third kappa shape index (κ3) is 4.39. The van der Waals surface area contributed by atoms with Crippen molar-refractivity contribution >= 4 is 17.8 Å². The third-order valence-corrected chi connectivity index (χ3v) is 2.53. The highest BCUT2D eigenvalue weighted by molar-refractivity contribution is 5.97. The standard InChI is InChI=1S/C10H17N3O4/c1-2-6(5-14)11-8(15)3-7-4-9(16)13-10(17)12-7/h6-7,14H,2-5H2,1H3,(H,11,15)(H2,12,13,16,17).